The predicted molar refractivity (Wildman–Crippen MR) is 56.0 cm³/mol. The molecule has 14 heavy (non-hydrogen) atoms. The number of ether oxygens (including phenoxy) is 1. The summed E-state index contributed by atoms with van der Waals surface area (Å²) in [5.74, 6) is -0.506. The minimum Gasteiger partial charge on any atom is -0.460 e. The number of rotatable bonds is 7. The highest BCUT2D eigenvalue weighted by atomic mass is 16.6. The van der Waals surface area contributed by atoms with Gasteiger partial charge >= 0.3 is 5.97 Å². The molecule has 0 aromatic rings. The Labute approximate surface area is 86.5 Å². The third-order valence-corrected chi connectivity index (χ3v) is 2.21. The molecule has 0 spiro atoms. The van der Waals surface area contributed by atoms with Crippen molar-refractivity contribution in [1.29, 1.82) is 0 Å². The summed E-state index contributed by atoms with van der Waals surface area (Å²) in [7, 11) is 0. The summed E-state index contributed by atoms with van der Waals surface area (Å²) in [6, 6.07) is 0. The highest BCUT2D eigenvalue weighted by Crippen LogP contribution is 2.10. The standard InChI is InChI=1S/C11H22O3/c1-4-6-7-8-10(5-2)14-11(13)9(3)12/h9-10,12H,4-8H2,1-3H3/t9-,10?/m0/s1. The number of carbonyl (C=O) groups excluding carboxylic acids is 1. The van der Waals surface area contributed by atoms with Crippen molar-refractivity contribution in [2.45, 2.75) is 65.1 Å². The lowest BCUT2D eigenvalue weighted by Crippen LogP contribution is -2.25. The average molecular weight is 202 g/mol. The van der Waals surface area contributed by atoms with Gasteiger partial charge < -0.3 is 9.84 Å². The molecule has 0 saturated carbocycles. The van der Waals surface area contributed by atoms with Crippen molar-refractivity contribution < 1.29 is 14.6 Å². The largest absolute Gasteiger partial charge is 0.460 e. The summed E-state index contributed by atoms with van der Waals surface area (Å²) in [6.45, 7) is 5.57. The fraction of sp³-hybridized carbons (Fsp3) is 0.909. The van der Waals surface area contributed by atoms with E-state index in [0.29, 0.717) is 0 Å². The normalized spacial score (nSPS) is 14.9. The molecule has 0 radical (unpaired) electrons. The molecule has 0 aromatic carbocycles. The summed E-state index contributed by atoms with van der Waals surface area (Å²) >= 11 is 0. The molecule has 0 heterocycles. The molecule has 0 fully saturated rings. The molecular weight excluding hydrogens is 180 g/mol. The highest BCUT2D eigenvalue weighted by molar-refractivity contribution is 5.73. The fourth-order valence-electron chi connectivity index (χ4n) is 1.23. The Morgan fingerprint density at radius 1 is 1.36 bits per heavy atom. The number of hydrogen-bond donors (Lipinski definition) is 1. The number of esters is 1. The van der Waals surface area contributed by atoms with Crippen LogP contribution >= 0.6 is 0 Å². The Balaban J connectivity index is 3.73. The molecule has 0 rings (SSSR count). The first-order valence-corrected chi connectivity index (χ1v) is 5.50. The van der Waals surface area contributed by atoms with E-state index in [4.69, 9.17) is 9.84 Å². The summed E-state index contributed by atoms with van der Waals surface area (Å²) in [5.41, 5.74) is 0. The van der Waals surface area contributed by atoms with Crippen LogP contribution in [0.15, 0.2) is 0 Å². The Morgan fingerprint density at radius 2 is 2.00 bits per heavy atom. The first-order valence-electron chi connectivity index (χ1n) is 5.50. The van der Waals surface area contributed by atoms with Crippen LogP contribution in [-0.4, -0.2) is 23.3 Å². The van der Waals surface area contributed by atoms with Crippen LogP contribution in [0.1, 0.15) is 52.9 Å². The Bertz CT molecular complexity index is 155. The van der Waals surface area contributed by atoms with E-state index < -0.39 is 12.1 Å². The molecule has 1 N–H and O–H groups in total. The summed E-state index contributed by atoms with van der Waals surface area (Å²) < 4.78 is 5.12. The van der Waals surface area contributed by atoms with Gasteiger partial charge in [0.15, 0.2) is 0 Å². The van der Waals surface area contributed by atoms with Gasteiger partial charge in [-0.1, -0.05) is 26.7 Å². The predicted octanol–water partition coefficient (Wildman–Crippen LogP) is 2.27. The number of unbranched alkanes of at least 4 members (excludes halogenated alkanes) is 2. The van der Waals surface area contributed by atoms with E-state index in [9.17, 15) is 4.79 Å². The Kier molecular flexibility index (Phi) is 7.48. The lowest BCUT2D eigenvalue weighted by atomic mass is 10.1. The molecule has 0 aromatic heterocycles. The van der Waals surface area contributed by atoms with Gasteiger partial charge in [-0.15, -0.1) is 0 Å². The van der Waals surface area contributed by atoms with Crippen LogP contribution in [0.2, 0.25) is 0 Å². The molecule has 0 aliphatic heterocycles. The van der Waals surface area contributed by atoms with E-state index in [0.717, 1.165) is 19.3 Å². The van der Waals surface area contributed by atoms with Crippen LogP contribution in [0.25, 0.3) is 0 Å². The van der Waals surface area contributed by atoms with Crippen LogP contribution in [0.4, 0.5) is 0 Å². The van der Waals surface area contributed by atoms with Gasteiger partial charge in [0.25, 0.3) is 0 Å². The molecule has 0 aliphatic carbocycles. The zero-order valence-electron chi connectivity index (χ0n) is 9.45. The molecule has 2 atom stereocenters. The molecule has 84 valence electrons. The first kappa shape index (κ1) is 13.4. The lowest BCUT2D eigenvalue weighted by Gasteiger charge is -2.16. The Hall–Kier alpha value is -0.570. The van der Waals surface area contributed by atoms with Crippen molar-refractivity contribution >= 4 is 5.97 Å². The van der Waals surface area contributed by atoms with E-state index in [-0.39, 0.29) is 6.10 Å². The van der Waals surface area contributed by atoms with E-state index in [2.05, 4.69) is 6.92 Å². The van der Waals surface area contributed by atoms with Gasteiger partial charge in [0.2, 0.25) is 0 Å². The van der Waals surface area contributed by atoms with Gasteiger partial charge in [-0.05, 0) is 26.2 Å². The van der Waals surface area contributed by atoms with Crippen LogP contribution in [0.3, 0.4) is 0 Å². The van der Waals surface area contributed by atoms with Gasteiger partial charge in [0.1, 0.15) is 12.2 Å². The fourth-order valence-corrected chi connectivity index (χ4v) is 1.23. The molecule has 3 heteroatoms. The summed E-state index contributed by atoms with van der Waals surface area (Å²) in [6.07, 6.45) is 4.12. The Morgan fingerprint density at radius 3 is 2.43 bits per heavy atom. The van der Waals surface area contributed by atoms with Crippen molar-refractivity contribution in [3.05, 3.63) is 0 Å². The number of hydrogen-bond acceptors (Lipinski definition) is 3. The van der Waals surface area contributed by atoms with Gasteiger partial charge in [0, 0.05) is 0 Å². The molecule has 0 bridgehead atoms. The topological polar surface area (TPSA) is 46.5 Å². The second-order valence-electron chi connectivity index (χ2n) is 3.64. The smallest absolute Gasteiger partial charge is 0.334 e. The third-order valence-electron chi connectivity index (χ3n) is 2.21. The van der Waals surface area contributed by atoms with E-state index in [1.54, 1.807) is 0 Å². The van der Waals surface area contributed by atoms with E-state index in [1.165, 1.54) is 19.8 Å². The minimum absolute atomic E-state index is 0.0244. The van der Waals surface area contributed by atoms with Crippen LogP contribution < -0.4 is 0 Å². The highest BCUT2D eigenvalue weighted by Gasteiger charge is 2.15. The zero-order chi connectivity index (χ0) is 11.0. The monoisotopic (exact) mass is 202 g/mol. The van der Waals surface area contributed by atoms with Crippen LogP contribution in [0, 0.1) is 0 Å². The van der Waals surface area contributed by atoms with Crippen molar-refractivity contribution in [2.75, 3.05) is 0 Å². The third kappa shape index (κ3) is 5.97. The van der Waals surface area contributed by atoms with Crippen molar-refractivity contribution in [3.8, 4) is 0 Å². The summed E-state index contributed by atoms with van der Waals surface area (Å²) in [5, 5.41) is 8.96. The number of aliphatic hydroxyl groups is 1. The van der Waals surface area contributed by atoms with E-state index in [1.807, 2.05) is 6.92 Å². The quantitative estimate of drug-likeness (QED) is 0.509. The number of aliphatic hydroxyl groups excluding tert-OH is 1. The van der Waals surface area contributed by atoms with Gasteiger partial charge in [-0.25, -0.2) is 4.79 Å². The zero-order valence-corrected chi connectivity index (χ0v) is 9.45. The van der Waals surface area contributed by atoms with Crippen molar-refractivity contribution in [2.24, 2.45) is 0 Å². The SMILES string of the molecule is CCCCCC(CC)OC(=O)[C@H](C)O. The maximum absolute atomic E-state index is 11.1. The van der Waals surface area contributed by atoms with Crippen molar-refractivity contribution in [3.63, 3.8) is 0 Å². The molecule has 0 saturated heterocycles. The first-order chi connectivity index (χ1) is 6.61. The second kappa shape index (κ2) is 7.80. The van der Waals surface area contributed by atoms with Gasteiger partial charge in [-0.2, -0.15) is 0 Å². The number of carbonyl (C=O) groups is 1. The minimum atomic E-state index is -1.00. The average Bonchev–Trinajstić information content (AvgIpc) is 2.16. The molecular formula is C11H22O3. The molecule has 3 nitrogen and oxygen atoms in total. The van der Waals surface area contributed by atoms with Crippen LogP contribution in [0.5, 0.6) is 0 Å². The van der Waals surface area contributed by atoms with Crippen LogP contribution in [-0.2, 0) is 9.53 Å². The van der Waals surface area contributed by atoms with Crippen molar-refractivity contribution in [1.82, 2.24) is 0 Å². The maximum atomic E-state index is 11.1. The molecule has 0 amide bonds. The summed E-state index contributed by atoms with van der Waals surface area (Å²) in [4.78, 5) is 11.1. The second-order valence-corrected chi connectivity index (χ2v) is 3.64. The lowest BCUT2D eigenvalue weighted by molar-refractivity contribution is -0.158. The molecule has 1 unspecified atom stereocenters. The van der Waals surface area contributed by atoms with Gasteiger partial charge in [0.05, 0.1) is 0 Å². The van der Waals surface area contributed by atoms with E-state index >= 15 is 0 Å². The van der Waals surface area contributed by atoms with Gasteiger partial charge in [-0.3, -0.25) is 0 Å². The molecule has 0 aliphatic rings. The maximum Gasteiger partial charge on any atom is 0.334 e.